The Morgan fingerprint density at radius 3 is 2.50 bits per heavy atom. The van der Waals surface area contributed by atoms with Crippen LogP contribution < -0.4 is 15.4 Å². The van der Waals surface area contributed by atoms with Crippen LogP contribution in [0.25, 0.3) is 0 Å². The van der Waals surface area contributed by atoms with Crippen molar-refractivity contribution < 1.29 is 4.74 Å². The average molecular weight is 250 g/mol. The first-order chi connectivity index (χ1) is 8.58. The molecule has 0 aromatic heterocycles. The van der Waals surface area contributed by atoms with E-state index in [-0.39, 0.29) is 0 Å². The summed E-state index contributed by atoms with van der Waals surface area (Å²) in [5.41, 5.74) is 2.33. The normalized spacial score (nSPS) is 12.6. The number of hydrogen-bond donors (Lipinski definition) is 2. The van der Waals surface area contributed by atoms with Gasteiger partial charge in [-0.2, -0.15) is 0 Å². The smallest absolute Gasteiger partial charge is 0.141 e. The fourth-order valence-corrected chi connectivity index (χ4v) is 2.01. The third kappa shape index (κ3) is 4.22. The van der Waals surface area contributed by atoms with Crippen LogP contribution in [0.4, 0.5) is 5.69 Å². The molecule has 0 radical (unpaired) electrons. The van der Waals surface area contributed by atoms with Gasteiger partial charge in [-0.25, -0.2) is 0 Å². The molecule has 0 amide bonds. The summed E-state index contributed by atoms with van der Waals surface area (Å²) in [6, 6.07) is 6.22. The van der Waals surface area contributed by atoms with Gasteiger partial charge >= 0.3 is 0 Å². The molecule has 18 heavy (non-hydrogen) atoms. The fourth-order valence-electron chi connectivity index (χ4n) is 2.01. The van der Waals surface area contributed by atoms with Crippen LogP contribution in [0.1, 0.15) is 19.4 Å². The Kier molecular flexibility index (Phi) is 5.99. The monoisotopic (exact) mass is 250 g/mol. The van der Waals surface area contributed by atoms with E-state index in [1.165, 1.54) is 5.56 Å². The van der Waals surface area contributed by atoms with Crippen LogP contribution >= 0.6 is 0 Å². The molecule has 0 saturated heterocycles. The molecule has 3 heteroatoms. The number of hydrogen-bond acceptors (Lipinski definition) is 3. The van der Waals surface area contributed by atoms with Crippen molar-refractivity contribution in [2.45, 2.75) is 20.8 Å². The number of ether oxygens (including phenoxy) is 1. The van der Waals surface area contributed by atoms with Crippen LogP contribution in [0, 0.1) is 18.8 Å². The second-order valence-corrected chi connectivity index (χ2v) is 5.15. The maximum Gasteiger partial charge on any atom is 0.141 e. The standard InChI is InChI=1S/C15H26N2O/c1-11(2)13(9-16-4)10-17-14-8-12(3)6-7-15(14)18-5/h6-8,11,13,16-17H,9-10H2,1-5H3. The number of nitrogens with one attached hydrogen (secondary N) is 2. The molecule has 1 rings (SSSR count). The minimum atomic E-state index is 0.611. The summed E-state index contributed by atoms with van der Waals surface area (Å²) in [6.07, 6.45) is 0. The molecule has 0 aliphatic carbocycles. The topological polar surface area (TPSA) is 33.3 Å². The predicted molar refractivity (Wildman–Crippen MR) is 78.5 cm³/mol. The lowest BCUT2D eigenvalue weighted by molar-refractivity contribution is 0.388. The molecule has 0 bridgehead atoms. The van der Waals surface area contributed by atoms with E-state index < -0.39 is 0 Å². The second-order valence-electron chi connectivity index (χ2n) is 5.15. The Balaban J connectivity index is 2.68. The third-order valence-electron chi connectivity index (χ3n) is 3.32. The molecule has 0 spiro atoms. The molecule has 0 aliphatic rings. The van der Waals surface area contributed by atoms with Crippen LogP contribution in [0.3, 0.4) is 0 Å². The van der Waals surface area contributed by atoms with Crippen LogP contribution in [0.5, 0.6) is 5.75 Å². The summed E-state index contributed by atoms with van der Waals surface area (Å²) in [5.74, 6) is 2.17. The Hall–Kier alpha value is -1.22. The number of methoxy groups -OCH3 is 1. The zero-order chi connectivity index (χ0) is 13.5. The van der Waals surface area contributed by atoms with E-state index in [1.807, 2.05) is 13.1 Å². The highest BCUT2D eigenvalue weighted by molar-refractivity contribution is 5.58. The van der Waals surface area contributed by atoms with Gasteiger partial charge in [-0.1, -0.05) is 19.9 Å². The predicted octanol–water partition coefficient (Wildman–Crippen LogP) is 2.91. The van der Waals surface area contributed by atoms with Gasteiger partial charge in [0.25, 0.3) is 0 Å². The van der Waals surface area contributed by atoms with E-state index in [4.69, 9.17) is 4.74 Å². The molecule has 1 aromatic rings. The van der Waals surface area contributed by atoms with Gasteiger partial charge < -0.3 is 15.4 Å². The maximum atomic E-state index is 5.37. The Morgan fingerprint density at radius 1 is 1.22 bits per heavy atom. The van der Waals surface area contributed by atoms with Gasteiger partial charge in [0, 0.05) is 6.54 Å². The molecule has 1 unspecified atom stereocenters. The lowest BCUT2D eigenvalue weighted by atomic mass is 9.95. The van der Waals surface area contributed by atoms with Gasteiger partial charge in [-0.15, -0.1) is 0 Å². The Labute approximate surface area is 111 Å². The van der Waals surface area contributed by atoms with E-state index in [1.54, 1.807) is 7.11 Å². The molecular weight excluding hydrogens is 224 g/mol. The Morgan fingerprint density at radius 2 is 1.94 bits per heavy atom. The van der Waals surface area contributed by atoms with Crippen LogP contribution in [0.2, 0.25) is 0 Å². The van der Waals surface area contributed by atoms with Crippen molar-refractivity contribution in [2.24, 2.45) is 11.8 Å². The highest BCUT2D eigenvalue weighted by Crippen LogP contribution is 2.25. The quantitative estimate of drug-likeness (QED) is 0.780. The van der Waals surface area contributed by atoms with E-state index in [0.29, 0.717) is 11.8 Å². The van der Waals surface area contributed by atoms with Crippen molar-refractivity contribution in [2.75, 3.05) is 32.6 Å². The van der Waals surface area contributed by atoms with Crippen molar-refractivity contribution in [3.8, 4) is 5.75 Å². The van der Waals surface area contributed by atoms with Gasteiger partial charge in [-0.05, 0) is 50.0 Å². The largest absolute Gasteiger partial charge is 0.495 e. The van der Waals surface area contributed by atoms with Crippen molar-refractivity contribution in [1.29, 1.82) is 0 Å². The van der Waals surface area contributed by atoms with Crippen molar-refractivity contribution >= 4 is 5.69 Å². The molecule has 0 saturated carbocycles. The first kappa shape index (κ1) is 14.8. The molecule has 1 atom stereocenters. The lowest BCUT2D eigenvalue weighted by Gasteiger charge is -2.22. The molecule has 102 valence electrons. The van der Waals surface area contributed by atoms with Crippen molar-refractivity contribution in [3.05, 3.63) is 23.8 Å². The summed E-state index contributed by atoms with van der Waals surface area (Å²) in [6.45, 7) is 8.60. The summed E-state index contributed by atoms with van der Waals surface area (Å²) < 4.78 is 5.37. The van der Waals surface area contributed by atoms with Crippen LogP contribution in [-0.2, 0) is 0 Å². The molecule has 0 fully saturated rings. The van der Waals surface area contributed by atoms with Gasteiger partial charge in [0.05, 0.1) is 12.8 Å². The minimum absolute atomic E-state index is 0.611. The SMILES string of the molecule is CNCC(CNc1cc(C)ccc1OC)C(C)C. The summed E-state index contributed by atoms with van der Waals surface area (Å²) in [7, 11) is 3.71. The molecule has 3 nitrogen and oxygen atoms in total. The summed E-state index contributed by atoms with van der Waals surface area (Å²) in [4.78, 5) is 0. The molecular formula is C15H26N2O. The minimum Gasteiger partial charge on any atom is -0.495 e. The summed E-state index contributed by atoms with van der Waals surface area (Å²) in [5, 5.41) is 6.76. The maximum absolute atomic E-state index is 5.37. The fraction of sp³-hybridized carbons (Fsp3) is 0.600. The van der Waals surface area contributed by atoms with Gasteiger partial charge in [0.15, 0.2) is 0 Å². The number of aryl methyl sites for hydroxylation is 1. The van der Waals surface area contributed by atoms with Crippen molar-refractivity contribution in [3.63, 3.8) is 0 Å². The van der Waals surface area contributed by atoms with E-state index in [2.05, 4.69) is 43.5 Å². The van der Waals surface area contributed by atoms with E-state index in [0.717, 1.165) is 24.5 Å². The van der Waals surface area contributed by atoms with Gasteiger partial charge in [0.2, 0.25) is 0 Å². The van der Waals surface area contributed by atoms with E-state index >= 15 is 0 Å². The average Bonchev–Trinajstić information content (AvgIpc) is 2.34. The molecule has 0 heterocycles. The lowest BCUT2D eigenvalue weighted by Crippen LogP contribution is -2.29. The molecule has 1 aromatic carbocycles. The first-order valence-corrected chi connectivity index (χ1v) is 6.61. The Bertz CT molecular complexity index is 364. The second kappa shape index (κ2) is 7.27. The third-order valence-corrected chi connectivity index (χ3v) is 3.32. The van der Waals surface area contributed by atoms with Gasteiger partial charge in [0.1, 0.15) is 5.75 Å². The van der Waals surface area contributed by atoms with Crippen LogP contribution in [-0.4, -0.2) is 27.2 Å². The van der Waals surface area contributed by atoms with Crippen LogP contribution in [0.15, 0.2) is 18.2 Å². The van der Waals surface area contributed by atoms with Gasteiger partial charge in [-0.3, -0.25) is 0 Å². The number of benzene rings is 1. The number of rotatable bonds is 7. The van der Waals surface area contributed by atoms with E-state index in [9.17, 15) is 0 Å². The zero-order valence-corrected chi connectivity index (χ0v) is 12.2. The zero-order valence-electron chi connectivity index (χ0n) is 12.2. The van der Waals surface area contributed by atoms with Crippen molar-refractivity contribution in [1.82, 2.24) is 5.32 Å². The number of anilines is 1. The molecule has 2 N–H and O–H groups in total. The highest BCUT2D eigenvalue weighted by Gasteiger charge is 2.13. The highest BCUT2D eigenvalue weighted by atomic mass is 16.5. The molecule has 0 aliphatic heterocycles. The summed E-state index contributed by atoms with van der Waals surface area (Å²) >= 11 is 0. The first-order valence-electron chi connectivity index (χ1n) is 6.61.